The van der Waals surface area contributed by atoms with Crippen molar-refractivity contribution < 1.29 is 27.5 Å². The molecule has 2 aromatic rings. The van der Waals surface area contributed by atoms with Crippen LogP contribution < -0.4 is 0 Å². The molecule has 95 valence electrons. The van der Waals surface area contributed by atoms with Gasteiger partial charge in [0.05, 0.1) is 6.61 Å². The van der Waals surface area contributed by atoms with E-state index in [4.69, 9.17) is 0 Å². The predicted molar refractivity (Wildman–Crippen MR) is 75.4 cm³/mol. The van der Waals surface area contributed by atoms with Gasteiger partial charge in [0, 0.05) is 28.3 Å². The van der Waals surface area contributed by atoms with Crippen molar-refractivity contribution in [3.05, 3.63) is 65.2 Å². The standard InChI is InChI=1S/C17H16O.Nb/c1-12-10-16-14(13-6-3-2-4-7-13)8-5-9-15(16)17(12)11-18;/h2-10,17-18H,11H2,1H3;. The topological polar surface area (TPSA) is 20.2 Å². The third-order valence-electron chi connectivity index (χ3n) is 3.70. The van der Waals surface area contributed by atoms with Crippen molar-refractivity contribution in [1.29, 1.82) is 0 Å². The van der Waals surface area contributed by atoms with Crippen molar-refractivity contribution in [2.45, 2.75) is 12.8 Å². The molecular weight excluding hydrogens is 313 g/mol. The van der Waals surface area contributed by atoms with Gasteiger partial charge in [-0.1, -0.05) is 60.2 Å². The molecule has 0 heterocycles. The Kier molecular flexibility index (Phi) is 4.43. The molecule has 2 heteroatoms. The van der Waals surface area contributed by atoms with Crippen molar-refractivity contribution in [2.24, 2.45) is 0 Å². The zero-order chi connectivity index (χ0) is 12.5. The van der Waals surface area contributed by atoms with E-state index in [1.165, 1.54) is 27.8 Å². The first kappa shape index (κ1) is 14.3. The van der Waals surface area contributed by atoms with Gasteiger partial charge in [-0.05, 0) is 29.2 Å². The minimum Gasteiger partial charge on any atom is -0.395 e. The molecule has 0 spiro atoms. The summed E-state index contributed by atoms with van der Waals surface area (Å²) in [4.78, 5) is 0. The van der Waals surface area contributed by atoms with Gasteiger partial charge < -0.3 is 5.11 Å². The molecule has 0 aliphatic heterocycles. The summed E-state index contributed by atoms with van der Waals surface area (Å²) >= 11 is 0. The fraction of sp³-hybridized carbons (Fsp3) is 0.176. The molecule has 3 rings (SSSR count). The van der Waals surface area contributed by atoms with E-state index in [9.17, 15) is 5.11 Å². The Morgan fingerprint density at radius 2 is 1.74 bits per heavy atom. The smallest absolute Gasteiger partial charge is 0.0537 e. The summed E-state index contributed by atoms with van der Waals surface area (Å²) in [5, 5.41) is 9.50. The molecule has 1 aliphatic carbocycles. The predicted octanol–water partition coefficient (Wildman–Crippen LogP) is 3.84. The average molecular weight is 329 g/mol. The molecule has 1 N–H and O–H groups in total. The van der Waals surface area contributed by atoms with Gasteiger partial charge in [-0.25, -0.2) is 0 Å². The minimum atomic E-state index is 0. The van der Waals surface area contributed by atoms with Crippen LogP contribution in [0.1, 0.15) is 24.0 Å². The fourth-order valence-corrected chi connectivity index (χ4v) is 2.73. The molecule has 0 saturated carbocycles. The van der Waals surface area contributed by atoms with E-state index >= 15 is 0 Å². The van der Waals surface area contributed by atoms with E-state index in [0.717, 1.165) is 0 Å². The monoisotopic (exact) mass is 329 g/mol. The van der Waals surface area contributed by atoms with Crippen molar-refractivity contribution in [2.75, 3.05) is 6.61 Å². The molecule has 2 aromatic carbocycles. The van der Waals surface area contributed by atoms with Crippen LogP contribution in [0.2, 0.25) is 0 Å². The zero-order valence-electron chi connectivity index (χ0n) is 10.9. The third kappa shape index (κ3) is 2.47. The van der Waals surface area contributed by atoms with E-state index < -0.39 is 0 Å². The molecule has 0 amide bonds. The second-order valence-electron chi connectivity index (χ2n) is 4.80. The van der Waals surface area contributed by atoms with Gasteiger partial charge in [0.2, 0.25) is 0 Å². The summed E-state index contributed by atoms with van der Waals surface area (Å²) in [6, 6.07) is 16.8. The molecule has 1 unspecified atom stereocenters. The summed E-state index contributed by atoms with van der Waals surface area (Å²) in [6.07, 6.45) is 2.21. The fourth-order valence-electron chi connectivity index (χ4n) is 2.73. The maximum atomic E-state index is 9.50. The Balaban J connectivity index is 0.00000133. The molecule has 0 aromatic heterocycles. The Hall–Kier alpha value is -1.12. The summed E-state index contributed by atoms with van der Waals surface area (Å²) in [7, 11) is 0. The van der Waals surface area contributed by atoms with Gasteiger partial charge in [0.1, 0.15) is 0 Å². The normalized spacial score (nSPS) is 16.5. The molecule has 1 atom stereocenters. The first-order chi connectivity index (χ1) is 8.81. The largest absolute Gasteiger partial charge is 0.395 e. The number of benzene rings is 2. The van der Waals surface area contributed by atoms with E-state index in [0.29, 0.717) is 0 Å². The van der Waals surface area contributed by atoms with Crippen LogP contribution in [0, 0.1) is 0 Å². The van der Waals surface area contributed by atoms with Crippen LogP contribution in [0.5, 0.6) is 0 Å². The van der Waals surface area contributed by atoms with Gasteiger partial charge >= 0.3 is 0 Å². The third-order valence-corrected chi connectivity index (χ3v) is 3.70. The Morgan fingerprint density at radius 3 is 2.42 bits per heavy atom. The van der Waals surface area contributed by atoms with Crippen molar-refractivity contribution in [1.82, 2.24) is 0 Å². The van der Waals surface area contributed by atoms with Crippen LogP contribution in [0.25, 0.3) is 17.2 Å². The summed E-state index contributed by atoms with van der Waals surface area (Å²) < 4.78 is 0. The maximum absolute atomic E-state index is 9.50. The van der Waals surface area contributed by atoms with Crippen LogP contribution in [0.15, 0.2) is 54.1 Å². The quantitative estimate of drug-likeness (QED) is 0.830. The van der Waals surface area contributed by atoms with Gasteiger partial charge in [-0.15, -0.1) is 0 Å². The van der Waals surface area contributed by atoms with Gasteiger partial charge in [0.25, 0.3) is 0 Å². The number of hydrogen-bond donors (Lipinski definition) is 1. The summed E-state index contributed by atoms with van der Waals surface area (Å²) in [5.74, 6) is 0.170. The Labute approximate surface area is 129 Å². The molecule has 19 heavy (non-hydrogen) atoms. The van der Waals surface area contributed by atoms with Crippen LogP contribution >= 0.6 is 0 Å². The van der Waals surface area contributed by atoms with Gasteiger partial charge in [0.15, 0.2) is 0 Å². The van der Waals surface area contributed by atoms with Gasteiger partial charge in [-0.2, -0.15) is 0 Å². The second kappa shape index (κ2) is 5.89. The maximum Gasteiger partial charge on any atom is 0.0537 e. The molecule has 0 fully saturated rings. The molecular formula is C17H16NbO. The van der Waals surface area contributed by atoms with E-state index in [2.05, 4.69) is 55.5 Å². The molecule has 1 nitrogen and oxygen atoms in total. The van der Waals surface area contributed by atoms with Gasteiger partial charge in [-0.3, -0.25) is 0 Å². The number of hydrogen-bond acceptors (Lipinski definition) is 1. The van der Waals surface area contributed by atoms with Crippen molar-refractivity contribution in [3.63, 3.8) is 0 Å². The molecule has 1 radical (unpaired) electrons. The number of rotatable bonds is 2. The van der Waals surface area contributed by atoms with E-state index in [1.54, 1.807) is 0 Å². The van der Waals surface area contributed by atoms with E-state index in [1.807, 2.05) is 6.07 Å². The molecule has 1 aliphatic rings. The summed E-state index contributed by atoms with van der Waals surface area (Å²) in [6.45, 7) is 2.28. The SMILES string of the molecule is CC1=Cc2c(-c3ccccc3)cccc2C1CO.[Nb]. The Morgan fingerprint density at radius 1 is 1.00 bits per heavy atom. The number of aliphatic hydroxyl groups is 1. The number of fused-ring (bicyclic) bond motifs is 1. The number of aliphatic hydroxyl groups excluding tert-OH is 1. The molecule has 0 bridgehead atoms. The zero-order valence-corrected chi connectivity index (χ0v) is 13.1. The molecule has 0 saturated heterocycles. The average Bonchev–Trinajstić information content (AvgIpc) is 2.74. The van der Waals surface area contributed by atoms with Crippen LogP contribution in [0.3, 0.4) is 0 Å². The summed E-state index contributed by atoms with van der Waals surface area (Å²) in [5.41, 5.74) is 6.24. The van der Waals surface area contributed by atoms with Crippen molar-refractivity contribution in [3.8, 4) is 11.1 Å². The minimum absolute atomic E-state index is 0. The van der Waals surface area contributed by atoms with Crippen LogP contribution in [0.4, 0.5) is 0 Å². The first-order valence-electron chi connectivity index (χ1n) is 6.28. The first-order valence-corrected chi connectivity index (χ1v) is 6.28. The second-order valence-corrected chi connectivity index (χ2v) is 4.80. The van der Waals surface area contributed by atoms with Crippen LogP contribution in [-0.4, -0.2) is 11.7 Å². The Bertz CT molecular complexity index is 602. The van der Waals surface area contributed by atoms with Crippen molar-refractivity contribution >= 4 is 6.08 Å². The van der Waals surface area contributed by atoms with E-state index in [-0.39, 0.29) is 34.9 Å². The van der Waals surface area contributed by atoms with Crippen LogP contribution in [-0.2, 0) is 22.4 Å².